The van der Waals surface area contributed by atoms with Gasteiger partial charge in [-0.25, -0.2) is 4.79 Å². The molecule has 7 heteroatoms. The van der Waals surface area contributed by atoms with E-state index in [0.717, 1.165) is 4.90 Å². The molecule has 1 fully saturated rings. The molecule has 22 heavy (non-hydrogen) atoms. The van der Waals surface area contributed by atoms with Crippen molar-refractivity contribution in [2.45, 2.75) is 35.4 Å². The van der Waals surface area contributed by atoms with Crippen molar-refractivity contribution in [3.63, 3.8) is 0 Å². The van der Waals surface area contributed by atoms with Crippen LogP contribution in [0, 0.1) is 0 Å². The highest BCUT2D eigenvalue weighted by Gasteiger charge is 2.42. The van der Waals surface area contributed by atoms with E-state index in [4.69, 9.17) is 16.3 Å². The third-order valence-corrected chi connectivity index (χ3v) is 4.98. The molecule has 2 rings (SSSR count). The van der Waals surface area contributed by atoms with Gasteiger partial charge in [0.2, 0.25) is 5.91 Å². The lowest BCUT2D eigenvalue weighted by molar-refractivity contribution is -0.152. The van der Waals surface area contributed by atoms with Gasteiger partial charge in [0, 0.05) is 36.0 Å². The molecular formula is C15H18ClNO4S. The molecule has 0 aromatic heterocycles. The van der Waals surface area contributed by atoms with E-state index in [9.17, 15) is 14.7 Å². The minimum absolute atomic E-state index is 0.284. The van der Waals surface area contributed by atoms with E-state index in [1.54, 1.807) is 19.1 Å². The number of hydrogen-bond acceptors (Lipinski definition) is 4. The summed E-state index contributed by atoms with van der Waals surface area (Å²) in [7, 11) is 0. The first-order chi connectivity index (χ1) is 10.4. The lowest BCUT2D eigenvalue weighted by Crippen LogP contribution is -2.58. The molecule has 120 valence electrons. The van der Waals surface area contributed by atoms with Gasteiger partial charge in [0.25, 0.3) is 0 Å². The van der Waals surface area contributed by atoms with E-state index in [1.807, 2.05) is 12.1 Å². The molecule has 0 spiro atoms. The Bertz CT molecular complexity index is 543. The zero-order valence-electron chi connectivity index (χ0n) is 12.2. The summed E-state index contributed by atoms with van der Waals surface area (Å²) in [5.74, 6) is -1.29. The summed E-state index contributed by atoms with van der Waals surface area (Å²) in [5, 5.41) is 12.4. The van der Waals surface area contributed by atoms with E-state index in [1.165, 1.54) is 11.8 Å². The number of amides is 1. The Labute approximate surface area is 138 Å². The second-order valence-electron chi connectivity index (χ2n) is 5.20. The van der Waals surface area contributed by atoms with Crippen molar-refractivity contribution in [2.75, 3.05) is 13.2 Å². The number of benzene rings is 1. The predicted molar refractivity (Wildman–Crippen MR) is 85.3 cm³/mol. The molecule has 0 aliphatic carbocycles. The lowest BCUT2D eigenvalue weighted by atomic mass is 9.90. The highest BCUT2D eigenvalue weighted by atomic mass is 35.5. The standard InChI is InChI=1S/C15H18ClNO4S/c1-10(22-12-4-2-11(16)3-5-12)13(18)17-15(14(19)20)6-8-21-9-7-15/h2-5,10H,6-9H2,1H3,(H,17,18)(H,19,20). The monoisotopic (exact) mass is 343 g/mol. The molecular weight excluding hydrogens is 326 g/mol. The van der Waals surface area contributed by atoms with Crippen molar-refractivity contribution in [1.82, 2.24) is 5.32 Å². The quantitative estimate of drug-likeness (QED) is 0.804. The molecule has 1 aliphatic rings. The lowest BCUT2D eigenvalue weighted by Gasteiger charge is -2.34. The highest BCUT2D eigenvalue weighted by molar-refractivity contribution is 8.00. The Kier molecular flexibility index (Phi) is 5.72. The number of halogens is 1. The maximum absolute atomic E-state index is 12.3. The van der Waals surface area contributed by atoms with E-state index in [0.29, 0.717) is 18.2 Å². The molecule has 5 nitrogen and oxygen atoms in total. The van der Waals surface area contributed by atoms with Crippen molar-refractivity contribution >= 4 is 35.2 Å². The fraction of sp³-hybridized carbons (Fsp3) is 0.467. The van der Waals surface area contributed by atoms with Gasteiger partial charge >= 0.3 is 5.97 Å². The second-order valence-corrected chi connectivity index (χ2v) is 7.05. The fourth-order valence-electron chi connectivity index (χ4n) is 2.22. The minimum Gasteiger partial charge on any atom is -0.480 e. The maximum Gasteiger partial charge on any atom is 0.329 e. The van der Waals surface area contributed by atoms with Crippen LogP contribution in [0.15, 0.2) is 29.2 Å². The molecule has 1 aromatic rings. The summed E-state index contributed by atoms with van der Waals surface area (Å²) in [6.07, 6.45) is 0.568. The zero-order valence-corrected chi connectivity index (χ0v) is 13.7. The first-order valence-corrected chi connectivity index (χ1v) is 8.24. The SMILES string of the molecule is CC(Sc1ccc(Cl)cc1)C(=O)NC1(C(=O)O)CCOCC1. The van der Waals surface area contributed by atoms with Gasteiger partial charge in [-0.3, -0.25) is 4.79 Å². The number of rotatable bonds is 5. The van der Waals surface area contributed by atoms with Crippen molar-refractivity contribution in [3.05, 3.63) is 29.3 Å². The number of carbonyl (C=O) groups excluding carboxylic acids is 1. The van der Waals surface area contributed by atoms with Crippen LogP contribution in [0.4, 0.5) is 0 Å². The normalized spacial score (nSPS) is 18.5. The van der Waals surface area contributed by atoms with Gasteiger partial charge in [0.15, 0.2) is 0 Å². The third kappa shape index (κ3) is 4.15. The first kappa shape index (κ1) is 17.1. The number of aliphatic carboxylic acids is 1. The van der Waals surface area contributed by atoms with Gasteiger partial charge in [0.1, 0.15) is 5.54 Å². The molecule has 0 bridgehead atoms. The first-order valence-electron chi connectivity index (χ1n) is 6.98. The Hall–Kier alpha value is -1.24. The Morgan fingerprint density at radius 2 is 1.91 bits per heavy atom. The molecule has 2 N–H and O–H groups in total. The topological polar surface area (TPSA) is 75.6 Å². The van der Waals surface area contributed by atoms with E-state index in [2.05, 4.69) is 5.32 Å². The minimum atomic E-state index is -1.22. The smallest absolute Gasteiger partial charge is 0.329 e. The predicted octanol–water partition coefficient (Wildman–Crippen LogP) is 2.57. The molecule has 0 saturated carbocycles. The number of carbonyl (C=O) groups is 2. The van der Waals surface area contributed by atoms with E-state index < -0.39 is 16.8 Å². The van der Waals surface area contributed by atoms with E-state index in [-0.39, 0.29) is 18.7 Å². The van der Waals surface area contributed by atoms with Gasteiger partial charge in [0.05, 0.1) is 5.25 Å². The molecule has 1 amide bonds. The van der Waals surface area contributed by atoms with Crippen LogP contribution < -0.4 is 5.32 Å². The summed E-state index contributed by atoms with van der Waals surface area (Å²) < 4.78 is 5.19. The number of nitrogens with one attached hydrogen (secondary N) is 1. The molecule has 1 unspecified atom stereocenters. The highest BCUT2D eigenvalue weighted by Crippen LogP contribution is 2.27. The van der Waals surface area contributed by atoms with Crippen molar-refractivity contribution in [2.24, 2.45) is 0 Å². The summed E-state index contributed by atoms with van der Waals surface area (Å²) in [4.78, 5) is 24.8. The van der Waals surface area contributed by atoms with Gasteiger partial charge < -0.3 is 15.2 Å². The third-order valence-electron chi connectivity index (χ3n) is 3.61. The molecule has 1 saturated heterocycles. The summed E-state index contributed by atoms with van der Waals surface area (Å²) >= 11 is 7.19. The average molecular weight is 344 g/mol. The number of thioether (sulfide) groups is 1. The van der Waals surface area contributed by atoms with Crippen molar-refractivity contribution in [3.8, 4) is 0 Å². The van der Waals surface area contributed by atoms with Crippen LogP contribution >= 0.6 is 23.4 Å². The summed E-state index contributed by atoms with van der Waals surface area (Å²) in [5.41, 5.74) is -1.22. The van der Waals surface area contributed by atoms with Gasteiger partial charge in [-0.2, -0.15) is 0 Å². The van der Waals surface area contributed by atoms with Crippen LogP contribution in [0.5, 0.6) is 0 Å². The number of hydrogen-bond donors (Lipinski definition) is 2. The molecule has 1 heterocycles. The summed E-state index contributed by atoms with van der Waals surface area (Å²) in [6, 6.07) is 7.17. The maximum atomic E-state index is 12.3. The Morgan fingerprint density at radius 1 is 1.32 bits per heavy atom. The van der Waals surface area contributed by atoms with Crippen LogP contribution in [0.1, 0.15) is 19.8 Å². The average Bonchev–Trinajstić information content (AvgIpc) is 2.50. The fourth-order valence-corrected chi connectivity index (χ4v) is 3.21. The van der Waals surface area contributed by atoms with Gasteiger partial charge in [-0.15, -0.1) is 11.8 Å². The van der Waals surface area contributed by atoms with Crippen molar-refractivity contribution in [1.29, 1.82) is 0 Å². The molecule has 1 aromatic carbocycles. The van der Waals surface area contributed by atoms with Crippen LogP contribution in [-0.2, 0) is 14.3 Å². The largest absolute Gasteiger partial charge is 0.480 e. The number of carboxylic acid groups (broad SMARTS) is 1. The van der Waals surface area contributed by atoms with Crippen LogP contribution in [0.2, 0.25) is 5.02 Å². The molecule has 0 radical (unpaired) electrons. The summed E-state index contributed by atoms with van der Waals surface area (Å²) in [6.45, 7) is 2.43. The Morgan fingerprint density at radius 3 is 2.45 bits per heavy atom. The molecule has 1 atom stereocenters. The van der Waals surface area contributed by atoms with Gasteiger partial charge in [-0.05, 0) is 31.2 Å². The second kappa shape index (κ2) is 7.35. The van der Waals surface area contributed by atoms with Gasteiger partial charge in [-0.1, -0.05) is 11.6 Å². The van der Waals surface area contributed by atoms with Crippen molar-refractivity contribution < 1.29 is 19.4 Å². The number of carboxylic acids is 1. The zero-order chi connectivity index (χ0) is 16.2. The van der Waals surface area contributed by atoms with Crippen LogP contribution in [0.3, 0.4) is 0 Å². The van der Waals surface area contributed by atoms with Crippen LogP contribution in [-0.4, -0.2) is 41.0 Å². The van der Waals surface area contributed by atoms with Crippen LogP contribution in [0.25, 0.3) is 0 Å². The Balaban J connectivity index is 2.00. The molecule has 1 aliphatic heterocycles. The number of ether oxygens (including phenoxy) is 1. The van der Waals surface area contributed by atoms with E-state index >= 15 is 0 Å².